The topological polar surface area (TPSA) is 49.8 Å². The molecule has 1 aromatic rings. The van der Waals surface area contributed by atoms with E-state index in [9.17, 15) is 9.18 Å². The minimum atomic E-state index is -1.08. The lowest BCUT2D eigenvalue weighted by molar-refractivity contribution is -0.135. The van der Waals surface area contributed by atoms with Gasteiger partial charge in [0.15, 0.2) is 6.61 Å². The summed E-state index contributed by atoms with van der Waals surface area (Å²) in [5, 5.41) is 9.75. The van der Waals surface area contributed by atoms with Crippen molar-refractivity contribution in [1.82, 2.24) is 4.90 Å². The third-order valence-corrected chi connectivity index (χ3v) is 3.62. The summed E-state index contributed by atoms with van der Waals surface area (Å²) in [5.41, 5.74) is 0.828. The number of carbonyl (C=O) groups is 1. The van der Waals surface area contributed by atoms with Crippen molar-refractivity contribution in [3.63, 3.8) is 0 Å². The molecule has 2 atom stereocenters. The molecule has 1 N–H and O–H groups in total. The number of carbonyl (C=O) groups excluding carboxylic acids is 1. The molecule has 1 aromatic carbocycles. The summed E-state index contributed by atoms with van der Waals surface area (Å²) in [6.45, 7) is 1.44. The molecule has 0 spiro atoms. The normalized spacial score (nSPS) is 22.1. The number of halogens is 2. The maximum absolute atomic E-state index is 13.3. The van der Waals surface area contributed by atoms with E-state index in [0.29, 0.717) is 10.8 Å². The highest BCUT2D eigenvalue weighted by Crippen LogP contribution is 2.23. The van der Waals surface area contributed by atoms with Crippen molar-refractivity contribution in [2.75, 3.05) is 19.8 Å². The Kier molecular flexibility index (Phi) is 4.83. The van der Waals surface area contributed by atoms with E-state index in [4.69, 9.17) is 21.4 Å². The summed E-state index contributed by atoms with van der Waals surface area (Å²) < 4.78 is 18.7. The molecule has 20 heavy (non-hydrogen) atoms. The predicted molar refractivity (Wildman–Crippen MR) is 73.8 cm³/mol. The van der Waals surface area contributed by atoms with Gasteiger partial charge in [0.2, 0.25) is 0 Å². The highest BCUT2D eigenvalue weighted by atomic mass is 35.5. The van der Waals surface area contributed by atoms with Crippen LogP contribution in [0.25, 0.3) is 0 Å². The maximum atomic E-state index is 13.3. The number of aryl methyl sites for hydroxylation is 1. The number of aliphatic hydroxyl groups excluding tert-OH is 1. The van der Waals surface area contributed by atoms with E-state index in [0.717, 1.165) is 5.56 Å². The van der Waals surface area contributed by atoms with Crippen LogP contribution in [0.3, 0.4) is 0 Å². The summed E-state index contributed by atoms with van der Waals surface area (Å²) >= 11 is 5.84. The first-order valence-electron chi connectivity index (χ1n) is 6.44. The largest absolute Gasteiger partial charge is 0.483 e. The zero-order chi connectivity index (χ0) is 14.7. The number of amides is 1. The molecule has 1 fully saturated rings. The summed E-state index contributed by atoms with van der Waals surface area (Å²) in [6.07, 6.45) is -0.893. The summed E-state index contributed by atoms with van der Waals surface area (Å²) in [7, 11) is 0. The van der Waals surface area contributed by atoms with Crippen LogP contribution in [0.1, 0.15) is 12.0 Å². The van der Waals surface area contributed by atoms with Crippen molar-refractivity contribution >= 4 is 17.5 Å². The zero-order valence-electron chi connectivity index (χ0n) is 11.2. The number of alkyl halides is 1. The van der Waals surface area contributed by atoms with Gasteiger partial charge in [-0.05, 0) is 30.7 Å². The molecule has 1 aliphatic heterocycles. The van der Waals surface area contributed by atoms with Gasteiger partial charge in [-0.3, -0.25) is 4.79 Å². The third kappa shape index (κ3) is 3.41. The quantitative estimate of drug-likeness (QED) is 0.925. The molecule has 6 heteroatoms. The Morgan fingerprint density at radius 2 is 2.35 bits per heavy atom. The fraction of sp³-hybridized carbons (Fsp3) is 0.500. The van der Waals surface area contributed by atoms with Crippen LogP contribution >= 0.6 is 11.6 Å². The summed E-state index contributed by atoms with van der Waals surface area (Å²) in [6, 6.07) is 4.66. The lowest BCUT2D eigenvalue weighted by Gasteiger charge is -2.22. The number of benzene rings is 1. The standard InChI is InChI=1S/C14H17ClFNO3/c1-9-4-10(15)2-3-13(9)20-8-14(19)17-6-11(16)5-12(17)7-18/h2-4,11-12,18H,5-8H2,1H3/t11-,12-/m0/s1. The van der Waals surface area contributed by atoms with Gasteiger partial charge in [0, 0.05) is 11.4 Å². The van der Waals surface area contributed by atoms with Crippen molar-refractivity contribution in [2.45, 2.75) is 25.6 Å². The van der Waals surface area contributed by atoms with Crippen molar-refractivity contribution < 1.29 is 19.0 Å². The van der Waals surface area contributed by atoms with E-state index in [1.54, 1.807) is 18.2 Å². The van der Waals surface area contributed by atoms with Crippen LogP contribution in [0.2, 0.25) is 5.02 Å². The second-order valence-electron chi connectivity index (χ2n) is 4.91. The minimum Gasteiger partial charge on any atom is -0.483 e. The number of ether oxygens (including phenoxy) is 1. The Bertz CT molecular complexity index is 497. The molecule has 0 aliphatic carbocycles. The monoisotopic (exact) mass is 301 g/mol. The molecule has 4 nitrogen and oxygen atoms in total. The lowest BCUT2D eigenvalue weighted by atomic mass is 10.2. The van der Waals surface area contributed by atoms with Gasteiger partial charge in [0.1, 0.15) is 11.9 Å². The summed E-state index contributed by atoms with van der Waals surface area (Å²) in [4.78, 5) is 13.4. The third-order valence-electron chi connectivity index (χ3n) is 3.38. The molecule has 0 bridgehead atoms. The average Bonchev–Trinajstić information content (AvgIpc) is 2.78. The van der Waals surface area contributed by atoms with Crippen LogP contribution in [0.4, 0.5) is 4.39 Å². The molecule has 0 unspecified atom stereocenters. The van der Waals surface area contributed by atoms with Gasteiger partial charge in [-0.25, -0.2) is 4.39 Å². The van der Waals surface area contributed by atoms with E-state index in [1.807, 2.05) is 6.92 Å². The number of hydrogen-bond donors (Lipinski definition) is 1. The van der Waals surface area contributed by atoms with Crippen LogP contribution in [-0.4, -0.2) is 47.9 Å². The smallest absolute Gasteiger partial charge is 0.260 e. The van der Waals surface area contributed by atoms with Crippen LogP contribution in [-0.2, 0) is 4.79 Å². The van der Waals surface area contributed by atoms with Crippen LogP contribution < -0.4 is 4.74 Å². The van der Waals surface area contributed by atoms with E-state index >= 15 is 0 Å². The Hall–Kier alpha value is -1.33. The maximum Gasteiger partial charge on any atom is 0.260 e. The highest BCUT2D eigenvalue weighted by Gasteiger charge is 2.34. The number of aliphatic hydroxyl groups is 1. The molecule has 0 aromatic heterocycles. The molecule has 1 aliphatic rings. The first-order chi connectivity index (χ1) is 9.51. The Morgan fingerprint density at radius 3 is 3.00 bits per heavy atom. The van der Waals surface area contributed by atoms with E-state index < -0.39 is 12.2 Å². The number of rotatable bonds is 4. The fourth-order valence-electron chi connectivity index (χ4n) is 2.34. The van der Waals surface area contributed by atoms with Gasteiger partial charge in [0.25, 0.3) is 5.91 Å². The molecular weight excluding hydrogens is 285 g/mol. The molecule has 0 saturated carbocycles. The van der Waals surface area contributed by atoms with E-state index in [2.05, 4.69) is 0 Å². The van der Waals surface area contributed by atoms with Crippen molar-refractivity contribution in [1.29, 1.82) is 0 Å². The Labute approximate surface area is 122 Å². The van der Waals surface area contributed by atoms with Crippen molar-refractivity contribution in [2.24, 2.45) is 0 Å². The average molecular weight is 302 g/mol. The van der Waals surface area contributed by atoms with Gasteiger partial charge in [-0.15, -0.1) is 0 Å². The van der Waals surface area contributed by atoms with Gasteiger partial charge in [0.05, 0.1) is 19.2 Å². The van der Waals surface area contributed by atoms with Crippen molar-refractivity contribution in [3.8, 4) is 5.75 Å². The van der Waals surface area contributed by atoms with Gasteiger partial charge in [-0.2, -0.15) is 0 Å². The zero-order valence-corrected chi connectivity index (χ0v) is 11.9. The second-order valence-corrected chi connectivity index (χ2v) is 5.35. The molecule has 1 amide bonds. The van der Waals surface area contributed by atoms with Gasteiger partial charge in [-0.1, -0.05) is 11.6 Å². The summed E-state index contributed by atoms with van der Waals surface area (Å²) in [5.74, 6) is 0.248. The molecule has 0 radical (unpaired) electrons. The minimum absolute atomic E-state index is 0.0209. The molecule has 1 heterocycles. The number of likely N-dealkylation sites (tertiary alicyclic amines) is 1. The Morgan fingerprint density at radius 1 is 1.60 bits per heavy atom. The molecule has 110 valence electrons. The van der Waals surface area contributed by atoms with E-state index in [1.165, 1.54) is 4.90 Å². The Balaban J connectivity index is 1.95. The van der Waals surface area contributed by atoms with Crippen LogP contribution in [0, 0.1) is 6.92 Å². The molecule has 1 saturated heterocycles. The lowest BCUT2D eigenvalue weighted by Crippen LogP contribution is -2.40. The van der Waals surface area contributed by atoms with Gasteiger partial charge >= 0.3 is 0 Å². The number of hydrogen-bond acceptors (Lipinski definition) is 3. The van der Waals surface area contributed by atoms with E-state index in [-0.39, 0.29) is 32.1 Å². The molecular formula is C14H17ClFNO3. The second kappa shape index (κ2) is 6.41. The first-order valence-corrected chi connectivity index (χ1v) is 6.82. The van der Waals surface area contributed by atoms with Crippen LogP contribution in [0.15, 0.2) is 18.2 Å². The van der Waals surface area contributed by atoms with Crippen molar-refractivity contribution in [3.05, 3.63) is 28.8 Å². The molecule has 2 rings (SSSR count). The van der Waals surface area contributed by atoms with Crippen LogP contribution in [0.5, 0.6) is 5.75 Å². The first kappa shape index (κ1) is 15.1. The fourth-order valence-corrected chi connectivity index (χ4v) is 2.56. The SMILES string of the molecule is Cc1cc(Cl)ccc1OCC(=O)N1C[C@@H](F)C[C@H]1CO. The predicted octanol–water partition coefficient (Wildman–Crippen LogP) is 1.96. The number of nitrogens with zero attached hydrogens (tertiary/aromatic N) is 1. The van der Waals surface area contributed by atoms with Gasteiger partial charge < -0.3 is 14.7 Å². The highest BCUT2D eigenvalue weighted by molar-refractivity contribution is 6.30.